The van der Waals surface area contributed by atoms with Gasteiger partial charge in [0.15, 0.2) is 6.61 Å². The molecule has 7 nitrogen and oxygen atoms in total. The molecule has 0 unspecified atom stereocenters. The van der Waals surface area contributed by atoms with E-state index in [4.69, 9.17) is 4.74 Å². The Morgan fingerprint density at radius 1 is 1.25 bits per heavy atom. The van der Waals surface area contributed by atoms with Crippen LogP contribution in [0.3, 0.4) is 0 Å². The lowest BCUT2D eigenvalue weighted by molar-refractivity contribution is -0.124. The van der Waals surface area contributed by atoms with Gasteiger partial charge in [-0.2, -0.15) is 0 Å². The molecule has 0 spiro atoms. The largest absolute Gasteiger partial charge is 0.452 e. The minimum absolute atomic E-state index is 0.0329. The molecule has 0 saturated heterocycles. The second kappa shape index (κ2) is 8.97. The Bertz CT molecular complexity index is 877. The molecule has 0 radical (unpaired) electrons. The molecular weight excluding hydrogens is 378 g/mol. The number of anilines is 1. The van der Waals surface area contributed by atoms with Gasteiger partial charge in [-0.3, -0.25) is 14.6 Å². The lowest BCUT2D eigenvalue weighted by atomic mass is 9.95. The normalized spacial score (nSPS) is 13.0. The Balaban J connectivity index is 1.80. The Morgan fingerprint density at radius 2 is 2.04 bits per heavy atom. The number of carbonyl (C=O) groups excluding carboxylic acids is 3. The van der Waals surface area contributed by atoms with Gasteiger partial charge in [0.25, 0.3) is 11.8 Å². The molecule has 0 aromatic carbocycles. The minimum Gasteiger partial charge on any atom is -0.452 e. The third-order valence-corrected chi connectivity index (χ3v) is 5.52. The first kappa shape index (κ1) is 20.0. The highest BCUT2D eigenvalue weighted by molar-refractivity contribution is 7.17. The molecular formula is C20H23N3O4S. The van der Waals surface area contributed by atoms with E-state index in [0.29, 0.717) is 16.1 Å². The number of rotatable bonds is 6. The molecule has 148 valence electrons. The molecule has 0 aliphatic heterocycles. The van der Waals surface area contributed by atoms with Gasteiger partial charge in [0, 0.05) is 23.3 Å². The quantitative estimate of drug-likeness (QED) is 0.726. The van der Waals surface area contributed by atoms with Gasteiger partial charge in [-0.1, -0.05) is 0 Å². The minimum atomic E-state index is -0.584. The van der Waals surface area contributed by atoms with E-state index in [1.807, 2.05) is 13.8 Å². The van der Waals surface area contributed by atoms with Gasteiger partial charge in [0.2, 0.25) is 0 Å². The van der Waals surface area contributed by atoms with Gasteiger partial charge in [-0.25, -0.2) is 4.79 Å². The van der Waals surface area contributed by atoms with Crippen LogP contribution in [-0.2, 0) is 22.4 Å². The number of aromatic nitrogens is 1. The Kier molecular flexibility index (Phi) is 6.41. The number of nitrogens with one attached hydrogen (secondary N) is 2. The summed E-state index contributed by atoms with van der Waals surface area (Å²) in [6.07, 6.45) is 6.72. The molecule has 28 heavy (non-hydrogen) atoms. The van der Waals surface area contributed by atoms with Gasteiger partial charge in [-0.15, -0.1) is 11.3 Å². The molecule has 2 amide bonds. The topological polar surface area (TPSA) is 97.4 Å². The zero-order chi connectivity index (χ0) is 20.1. The number of esters is 1. The van der Waals surface area contributed by atoms with Gasteiger partial charge >= 0.3 is 5.97 Å². The SMILES string of the molecule is CC(C)NC(=O)COC(=O)c1c(NC(=O)c2cccnc2)sc2c1CCCC2. The number of ether oxygens (including phenoxy) is 1. The summed E-state index contributed by atoms with van der Waals surface area (Å²) in [6, 6.07) is 3.30. The number of carbonyl (C=O) groups is 3. The lowest BCUT2D eigenvalue weighted by Crippen LogP contribution is -2.34. The van der Waals surface area contributed by atoms with Crippen LogP contribution in [0.5, 0.6) is 0 Å². The first-order chi connectivity index (χ1) is 13.5. The third kappa shape index (κ3) is 4.75. The monoisotopic (exact) mass is 401 g/mol. The fourth-order valence-electron chi connectivity index (χ4n) is 3.11. The van der Waals surface area contributed by atoms with Gasteiger partial charge in [0.05, 0.1) is 11.1 Å². The maximum Gasteiger partial charge on any atom is 0.341 e. The number of aryl methyl sites for hydroxylation is 1. The van der Waals surface area contributed by atoms with Crippen LogP contribution in [0.4, 0.5) is 5.00 Å². The Labute approximate surface area is 167 Å². The molecule has 2 aromatic rings. The average molecular weight is 401 g/mol. The van der Waals surface area contributed by atoms with Crippen molar-refractivity contribution in [3.8, 4) is 0 Å². The van der Waals surface area contributed by atoms with Crippen molar-refractivity contribution in [1.29, 1.82) is 0 Å². The zero-order valence-electron chi connectivity index (χ0n) is 15.9. The summed E-state index contributed by atoms with van der Waals surface area (Å²) in [6.45, 7) is 3.32. The van der Waals surface area contributed by atoms with Gasteiger partial charge in [0.1, 0.15) is 5.00 Å². The standard InChI is InChI=1S/C20H23N3O4S/c1-12(2)22-16(24)11-27-20(26)17-14-7-3-4-8-15(14)28-19(17)23-18(25)13-6-5-9-21-10-13/h5-6,9-10,12H,3-4,7-8,11H2,1-2H3,(H,22,24)(H,23,25). The van der Waals surface area contributed by atoms with E-state index in [-0.39, 0.29) is 24.5 Å². The molecule has 3 rings (SSSR count). The summed E-state index contributed by atoms with van der Waals surface area (Å²) < 4.78 is 5.24. The predicted molar refractivity (Wildman–Crippen MR) is 107 cm³/mol. The number of nitrogens with zero attached hydrogens (tertiary/aromatic N) is 1. The highest BCUT2D eigenvalue weighted by Gasteiger charge is 2.28. The van der Waals surface area contributed by atoms with Crippen molar-refractivity contribution in [3.63, 3.8) is 0 Å². The summed E-state index contributed by atoms with van der Waals surface area (Å²) in [5.41, 5.74) is 1.70. The maximum absolute atomic E-state index is 12.7. The lowest BCUT2D eigenvalue weighted by Gasteiger charge is -2.13. The van der Waals surface area contributed by atoms with Crippen molar-refractivity contribution < 1.29 is 19.1 Å². The van der Waals surface area contributed by atoms with Crippen molar-refractivity contribution in [2.24, 2.45) is 0 Å². The Hall–Kier alpha value is -2.74. The van der Waals surface area contributed by atoms with Crippen LogP contribution >= 0.6 is 11.3 Å². The fraction of sp³-hybridized carbons (Fsp3) is 0.400. The van der Waals surface area contributed by atoms with E-state index < -0.39 is 5.97 Å². The molecule has 2 aromatic heterocycles. The van der Waals surface area contributed by atoms with E-state index in [0.717, 1.165) is 36.1 Å². The third-order valence-electron chi connectivity index (χ3n) is 4.31. The number of hydrogen-bond donors (Lipinski definition) is 2. The molecule has 8 heteroatoms. The van der Waals surface area contributed by atoms with E-state index in [1.165, 1.54) is 17.5 Å². The second-order valence-electron chi connectivity index (χ2n) is 6.91. The molecule has 0 atom stereocenters. The maximum atomic E-state index is 12.7. The summed E-state index contributed by atoms with van der Waals surface area (Å²) in [7, 11) is 0. The fourth-order valence-corrected chi connectivity index (χ4v) is 4.38. The van der Waals surface area contributed by atoms with Crippen LogP contribution in [0.1, 0.15) is 57.8 Å². The van der Waals surface area contributed by atoms with Gasteiger partial charge < -0.3 is 15.4 Å². The zero-order valence-corrected chi connectivity index (χ0v) is 16.7. The van der Waals surface area contributed by atoms with Crippen molar-refractivity contribution >= 4 is 34.1 Å². The molecule has 0 fully saturated rings. The van der Waals surface area contributed by atoms with E-state index >= 15 is 0 Å². The van der Waals surface area contributed by atoms with Crippen molar-refractivity contribution in [1.82, 2.24) is 10.3 Å². The summed E-state index contributed by atoms with van der Waals surface area (Å²) in [5, 5.41) is 5.97. The predicted octanol–water partition coefficient (Wildman–Crippen LogP) is 2.96. The number of thiophene rings is 1. The number of pyridine rings is 1. The molecule has 1 aliphatic carbocycles. The van der Waals surface area contributed by atoms with Crippen LogP contribution in [0.15, 0.2) is 24.5 Å². The molecule has 1 aliphatic rings. The summed E-state index contributed by atoms with van der Waals surface area (Å²) >= 11 is 1.40. The number of amides is 2. The van der Waals surface area contributed by atoms with Crippen LogP contribution in [0.25, 0.3) is 0 Å². The smallest absolute Gasteiger partial charge is 0.341 e. The van der Waals surface area contributed by atoms with Crippen LogP contribution in [0, 0.1) is 0 Å². The number of fused-ring (bicyclic) bond motifs is 1. The van der Waals surface area contributed by atoms with Crippen molar-refractivity contribution in [3.05, 3.63) is 46.1 Å². The number of hydrogen-bond acceptors (Lipinski definition) is 6. The van der Waals surface area contributed by atoms with E-state index in [9.17, 15) is 14.4 Å². The molecule has 2 heterocycles. The molecule has 2 N–H and O–H groups in total. The first-order valence-corrected chi connectivity index (χ1v) is 10.1. The van der Waals surface area contributed by atoms with Gasteiger partial charge in [-0.05, 0) is 57.2 Å². The first-order valence-electron chi connectivity index (χ1n) is 9.28. The van der Waals surface area contributed by atoms with Crippen molar-refractivity contribution in [2.45, 2.75) is 45.6 Å². The van der Waals surface area contributed by atoms with Crippen LogP contribution in [-0.4, -0.2) is 35.4 Å². The van der Waals surface area contributed by atoms with Crippen molar-refractivity contribution in [2.75, 3.05) is 11.9 Å². The Morgan fingerprint density at radius 3 is 2.75 bits per heavy atom. The summed E-state index contributed by atoms with van der Waals surface area (Å²) in [5.74, 6) is -1.27. The van der Waals surface area contributed by atoms with Crippen LogP contribution < -0.4 is 10.6 Å². The molecule has 0 saturated carbocycles. The van der Waals surface area contributed by atoms with Crippen LogP contribution in [0.2, 0.25) is 0 Å². The van der Waals surface area contributed by atoms with E-state index in [2.05, 4.69) is 15.6 Å². The average Bonchev–Trinajstić information content (AvgIpc) is 3.04. The second-order valence-corrected chi connectivity index (χ2v) is 8.01. The highest BCUT2D eigenvalue weighted by atomic mass is 32.1. The highest BCUT2D eigenvalue weighted by Crippen LogP contribution is 2.38. The summed E-state index contributed by atoms with van der Waals surface area (Å²) in [4.78, 5) is 42.1. The molecule has 0 bridgehead atoms. The van der Waals surface area contributed by atoms with E-state index in [1.54, 1.807) is 18.3 Å².